The largest absolute Gasteiger partial charge is 0.494 e. The van der Waals surface area contributed by atoms with Crippen molar-refractivity contribution in [3.05, 3.63) is 29.8 Å². The summed E-state index contributed by atoms with van der Waals surface area (Å²) >= 11 is 0. The van der Waals surface area contributed by atoms with Crippen molar-refractivity contribution in [1.29, 1.82) is 0 Å². The number of benzene rings is 1. The molecule has 1 N–H and O–H groups in total. The molecule has 0 fully saturated rings. The normalized spacial score (nSPS) is 11.6. The maximum absolute atomic E-state index is 8.68. The number of nitrogens with zero attached hydrogens (tertiary/aromatic N) is 1. The molecule has 1 aromatic carbocycles. The van der Waals surface area contributed by atoms with Crippen molar-refractivity contribution in [1.82, 2.24) is 0 Å². The smallest absolute Gasteiger partial charge is 0.119 e. The Kier molecular flexibility index (Phi) is 7.71. The van der Waals surface area contributed by atoms with Crippen LogP contribution in [0, 0.1) is 0 Å². The van der Waals surface area contributed by atoms with Crippen LogP contribution in [0.25, 0.3) is 0 Å². The highest BCUT2D eigenvalue weighted by Gasteiger charge is 1.99. The van der Waals surface area contributed by atoms with E-state index in [0.717, 1.165) is 24.3 Å². The molecule has 0 radical (unpaired) electrons. The van der Waals surface area contributed by atoms with Crippen molar-refractivity contribution in [2.24, 2.45) is 5.16 Å². The first-order valence-corrected chi connectivity index (χ1v) is 7.19. The molecule has 3 heteroatoms. The predicted octanol–water partition coefficient (Wildman–Crippen LogP) is 4.62. The van der Waals surface area contributed by atoms with Crippen LogP contribution in [0.4, 0.5) is 0 Å². The lowest BCUT2D eigenvalue weighted by Crippen LogP contribution is -1.98. The Bertz CT molecular complexity index is 371. The van der Waals surface area contributed by atoms with Crippen LogP contribution in [0.3, 0.4) is 0 Å². The highest BCUT2D eigenvalue weighted by atomic mass is 16.5. The number of unbranched alkanes of at least 4 members (excludes halogenated alkanes) is 5. The van der Waals surface area contributed by atoms with Crippen LogP contribution in [-0.4, -0.2) is 17.5 Å². The predicted molar refractivity (Wildman–Crippen MR) is 79.3 cm³/mol. The van der Waals surface area contributed by atoms with Crippen LogP contribution >= 0.6 is 0 Å². The highest BCUT2D eigenvalue weighted by Crippen LogP contribution is 2.14. The maximum atomic E-state index is 8.68. The van der Waals surface area contributed by atoms with Gasteiger partial charge < -0.3 is 9.94 Å². The first kappa shape index (κ1) is 15.5. The summed E-state index contributed by atoms with van der Waals surface area (Å²) in [5.41, 5.74) is 1.52. The maximum Gasteiger partial charge on any atom is 0.119 e. The van der Waals surface area contributed by atoms with Gasteiger partial charge in [-0.05, 0) is 43.2 Å². The van der Waals surface area contributed by atoms with Crippen LogP contribution in [0.1, 0.15) is 57.9 Å². The summed E-state index contributed by atoms with van der Waals surface area (Å²) in [4.78, 5) is 0. The van der Waals surface area contributed by atoms with E-state index in [9.17, 15) is 0 Å². The number of hydrogen-bond donors (Lipinski definition) is 1. The van der Waals surface area contributed by atoms with Crippen LogP contribution in [-0.2, 0) is 0 Å². The third-order valence-corrected chi connectivity index (χ3v) is 3.19. The van der Waals surface area contributed by atoms with E-state index < -0.39 is 0 Å². The summed E-state index contributed by atoms with van der Waals surface area (Å²) in [6.45, 7) is 4.78. The van der Waals surface area contributed by atoms with E-state index in [1.807, 2.05) is 24.3 Å². The van der Waals surface area contributed by atoms with Crippen molar-refractivity contribution in [3.63, 3.8) is 0 Å². The monoisotopic (exact) mass is 263 g/mol. The molecule has 0 heterocycles. The van der Waals surface area contributed by atoms with Crippen LogP contribution < -0.4 is 4.74 Å². The molecule has 0 saturated carbocycles. The summed E-state index contributed by atoms with van der Waals surface area (Å²) in [7, 11) is 0. The minimum atomic E-state index is 0.613. The van der Waals surface area contributed by atoms with Crippen molar-refractivity contribution in [2.75, 3.05) is 6.61 Å². The number of ether oxygens (including phenoxy) is 1. The average molecular weight is 263 g/mol. The van der Waals surface area contributed by atoms with Crippen molar-refractivity contribution >= 4 is 5.71 Å². The Morgan fingerprint density at radius 1 is 1.05 bits per heavy atom. The third-order valence-electron chi connectivity index (χ3n) is 3.19. The Morgan fingerprint density at radius 2 is 1.68 bits per heavy atom. The van der Waals surface area contributed by atoms with Crippen LogP contribution in [0.5, 0.6) is 5.75 Å². The fourth-order valence-corrected chi connectivity index (χ4v) is 1.92. The molecule has 0 saturated heterocycles. The van der Waals surface area contributed by atoms with Crippen molar-refractivity contribution < 1.29 is 9.94 Å². The summed E-state index contributed by atoms with van der Waals surface area (Å²) in [6.07, 6.45) is 7.64. The van der Waals surface area contributed by atoms with Gasteiger partial charge in [-0.25, -0.2) is 0 Å². The summed E-state index contributed by atoms with van der Waals surface area (Å²) in [5.74, 6) is 0.878. The highest BCUT2D eigenvalue weighted by molar-refractivity contribution is 5.98. The molecule has 0 spiro atoms. The fraction of sp³-hybridized carbons (Fsp3) is 0.562. The third kappa shape index (κ3) is 6.27. The molecular formula is C16H25NO2. The number of oxime groups is 1. The standard InChI is InChI=1S/C16H25NO2/c1-3-4-5-6-7-8-13-19-16-11-9-15(10-12-16)14(2)17-18/h9-12,18H,3-8,13H2,1-2H3/b17-14+. The minimum absolute atomic E-state index is 0.613. The number of rotatable bonds is 9. The number of hydrogen-bond acceptors (Lipinski definition) is 3. The van der Waals surface area contributed by atoms with E-state index in [1.54, 1.807) is 6.92 Å². The SMILES string of the molecule is CCCCCCCCOc1ccc(/C(C)=N/O)cc1. The second-order valence-corrected chi connectivity index (χ2v) is 4.83. The van der Waals surface area contributed by atoms with Crippen molar-refractivity contribution in [3.8, 4) is 5.75 Å². The second kappa shape index (κ2) is 9.42. The zero-order valence-electron chi connectivity index (χ0n) is 12.1. The van der Waals surface area contributed by atoms with E-state index in [2.05, 4.69) is 12.1 Å². The molecular weight excluding hydrogens is 238 g/mol. The summed E-state index contributed by atoms with van der Waals surface area (Å²) in [6, 6.07) is 7.65. The van der Waals surface area contributed by atoms with Crippen molar-refractivity contribution in [2.45, 2.75) is 52.4 Å². The van der Waals surface area contributed by atoms with Gasteiger partial charge in [0.25, 0.3) is 0 Å². The molecule has 1 rings (SSSR count). The topological polar surface area (TPSA) is 41.8 Å². The Hall–Kier alpha value is -1.51. The average Bonchev–Trinajstić information content (AvgIpc) is 2.46. The van der Waals surface area contributed by atoms with Gasteiger partial charge in [-0.15, -0.1) is 0 Å². The van der Waals surface area contributed by atoms with E-state index in [4.69, 9.17) is 9.94 Å². The Morgan fingerprint density at radius 3 is 2.32 bits per heavy atom. The van der Waals surface area contributed by atoms with Gasteiger partial charge in [0.05, 0.1) is 12.3 Å². The first-order chi connectivity index (χ1) is 9.27. The first-order valence-electron chi connectivity index (χ1n) is 7.19. The lowest BCUT2D eigenvalue weighted by atomic mass is 10.1. The van der Waals surface area contributed by atoms with Crippen LogP contribution in [0.2, 0.25) is 0 Å². The van der Waals surface area contributed by atoms with Gasteiger partial charge in [-0.1, -0.05) is 44.2 Å². The summed E-state index contributed by atoms with van der Waals surface area (Å²) in [5, 5.41) is 11.9. The molecule has 106 valence electrons. The lowest BCUT2D eigenvalue weighted by molar-refractivity contribution is 0.304. The molecule has 0 aliphatic rings. The molecule has 0 atom stereocenters. The molecule has 1 aromatic rings. The summed E-state index contributed by atoms with van der Waals surface area (Å²) < 4.78 is 5.68. The Labute approximate surface area is 116 Å². The molecule has 0 amide bonds. The van der Waals surface area contributed by atoms with Gasteiger partial charge in [-0.2, -0.15) is 0 Å². The van der Waals surface area contributed by atoms with E-state index in [1.165, 1.54) is 32.1 Å². The second-order valence-electron chi connectivity index (χ2n) is 4.83. The Balaban J connectivity index is 2.19. The molecule has 0 aromatic heterocycles. The minimum Gasteiger partial charge on any atom is -0.494 e. The van der Waals surface area contributed by atoms with Gasteiger partial charge in [0.2, 0.25) is 0 Å². The fourth-order valence-electron chi connectivity index (χ4n) is 1.92. The molecule has 0 bridgehead atoms. The van der Waals surface area contributed by atoms with Gasteiger partial charge >= 0.3 is 0 Å². The zero-order chi connectivity index (χ0) is 13.9. The van der Waals surface area contributed by atoms with Gasteiger partial charge in [0, 0.05) is 0 Å². The molecule has 19 heavy (non-hydrogen) atoms. The van der Waals surface area contributed by atoms with Gasteiger partial charge in [0.1, 0.15) is 5.75 Å². The van der Waals surface area contributed by atoms with E-state index in [0.29, 0.717) is 5.71 Å². The van der Waals surface area contributed by atoms with Gasteiger partial charge in [0.15, 0.2) is 0 Å². The van der Waals surface area contributed by atoms with Crippen LogP contribution in [0.15, 0.2) is 29.4 Å². The molecule has 0 aliphatic heterocycles. The molecule has 0 aliphatic carbocycles. The van der Waals surface area contributed by atoms with E-state index in [-0.39, 0.29) is 0 Å². The molecule has 3 nitrogen and oxygen atoms in total. The van der Waals surface area contributed by atoms with E-state index >= 15 is 0 Å². The molecule has 0 unspecified atom stereocenters. The quantitative estimate of drug-likeness (QED) is 0.305. The lowest BCUT2D eigenvalue weighted by Gasteiger charge is -2.07. The van der Waals surface area contributed by atoms with Gasteiger partial charge in [-0.3, -0.25) is 0 Å². The zero-order valence-corrected chi connectivity index (χ0v) is 12.1.